The number of amides is 1. The number of hydrogen-bond acceptors (Lipinski definition) is 3. The molecule has 0 aliphatic rings. The van der Waals surface area contributed by atoms with Gasteiger partial charge in [-0.3, -0.25) is 4.79 Å². The fourth-order valence-corrected chi connectivity index (χ4v) is 2.92. The fraction of sp³-hybridized carbons (Fsp3) is 0.467. The van der Waals surface area contributed by atoms with Gasteiger partial charge in [-0.1, -0.05) is 13.8 Å². The normalized spacial score (nSPS) is 12.3. The monoisotopic (exact) mass is 291 g/mol. The minimum Gasteiger partial charge on any atom is -0.354 e. The zero-order chi connectivity index (χ0) is 14.4. The number of aryl methyl sites for hydroxylation is 1. The molecule has 1 N–H and O–H groups in total. The van der Waals surface area contributed by atoms with Crippen LogP contribution in [0.15, 0.2) is 29.9 Å². The molecule has 108 valence electrons. The van der Waals surface area contributed by atoms with Crippen molar-refractivity contribution in [1.29, 1.82) is 0 Å². The lowest BCUT2D eigenvalue weighted by molar-refractivity contribution is -0.124. The smallest absolute Gasteiger partial charge is 0.243 e. The number of aromatic nitrogens is 2. The van der Waals surface area contributed by atoms with Crippen LogP contribution < -0.4 is 5.32 Å². The van der Waals surface area contributed by atoms with Crippen molar-refractivity contribution in [1.82, 2.24) is 14.9 Å². The number of hydrogen-bond donors (Lipinski definition) is 1. The molecule has 0 spiro atoms. The van der Waals surface area contributed by atoms with Gasteiger partial charge < -0.3 is 9.88 Å². The van der Waals surface area contributed by atoms with Crippen LogP contribution in [0.1, 0.15) is 37.0 Å². The Labute approximate surface area is 123 Å². The Morgan fingerprint density at radius 1 is 1.40 bits per heavy atom. The summed E-state index contributed by atoms with van der Waals surface area (Å²) in [6.07, 6.45) is 6.42. The molecular weight excluding hydrogens is 270 g/mol. The Hall–Kier alpha value is -1.62. The first kappa shape index (κ1) is 14.8. The quantitative estimate of drug-likeness (QED) is 0.852. The fourth-order valence-electron chi connectivity index (χ4n) is 2.14. The number of thiazole rings is 1. The highest BCUT2D eigenvalue weighted by atomic mass is 32.1. The van der Waals surface area contributed by atoms with Crippen molar-refractivity contribution in [3.8, 4) is 0 Å². The van der Waals surface area contributed by atoms with E-state index in [-0.39, 0.29) is 11.9 Å². The van der Waals surface area contributed by atoms with Gasteiger partial charge in [-0.25, -0.2) is 4.98 Å². The van der Waals surface area contributed by atoms with E-state index in [1.165, 1.54) is 0 Å². The van der Waals surface area contributed by atoms with Crippen LogP contribution in [0.25, 0.3) is 0 Å². The molecule has 1 amide bonds. The SMILES string of the molecule is CCc1nc(CCNC(=O)C(CC)n2cccc2)cs1. The van der Waals surface area contributed by atoms with E-state index < -0.39 is 0 Å². The van der Waals surface area contributed by atoms with Crippen molar-refractivity contribution >= 4 is 17.2 Å². The van der Waals surface area contributed by atoms with E-state index in [1.54, 1.807) is 11.3 Å². The van der Waals surface area contributed by atoms with Gasteiger partial charge >= 0.3 is 0 Å². The zero-order valence-corrected chi connectivity index (χ0v) is 12.8. The summed E-state index contributed by atoms with van der Waals surface area (Å²) in [4.78, 5) is 16.7. The molecule has 20 heavy (non-hydrogen) atoms. The van der Waals surface area contributed by atoms with Crippen molar-refractivity contribution in [3.63, 3.8) is 0 Å². The van der Waals surface area contributed by atoms with Crippen molar-refractivity contribution in [2.24, 2.45) is 0 Å². The lowest BCUT2D eigenvalue weighted by Gasteiger charge is -2.16. The van der Waals surface area contributed by atoms with E-state index in [2.05, 4.69) is 22.6 Å². The predicted molar refractivity (Wildman–Crippen MR) is 82.0 cm³/mol. The van der Waals surface area contributed by atoms with E-state index in [1.807, 2.05) is 36.0 Å². The summed E-state index contributed by atoms with van der Waals surface area (Å²) >= 11 is 1.69. The number of nitrogens with zero attached hydrogens (tertiary/aromatic N) is 2. The molecule has 0 aromatic carbocycles. The van der Waals surface area contributed by atoms with Crippen LogP contribution in [-0.4, -0.2) is 22.0 Å². The minimum absolute atomic E-state index is 0.0784. The molecule has 2 rings (SSSR count). The Morgan fingerprint density at radius 3 is 2.75 bits per heavy atom. The van der Waals surface area contributed by atoms with Gasteiger partial charge in [-0.2, -0.15) is 0 Å². The molecule has 5 heteroatoms. The first-order chi connectivity index (χ1) is 9.74. The summed E-state index contributed by atoms with van der Waals surface area (Å²) in [5, 5.41) is 6.24. The van der Waals surface area contributed by atoms with E-state index in [0.717, 1.165) is 30.0 Å². The highest BCUT2D eigenvalue weighted by Gasteiger charge is 2.16. The van der Waals surface area contributed by atoms with Gasteiger partial charge in [-0.05, 0) is 25.0 Å². The van der Waals surface area contributed by atoms with Crippen LogP contribution in [0.5, 0.6) is 0 Å². The first-order valence-corrected chi connectivity index (χ1v) is 7.96. The van der Waals surface area contributed by atoms with E-state index in [4.69, 9.17) is 0 Å². The summed E-state index contributed by atoms with van der Waals surface area (Å²) in [6, 6.07) is 3.77. The van der Waals surface area contributed by atoms with Gasteiger partial charge in [0.1, 0.15) is 6.04 Å². The average Bonchev–Trinajstić information content (AvgIpc) is 3.11. The molecule has 0 saturated carbocycles. The molecule has 2 aromatic heterocycles. The summed E-state index contributed by atoms with van der Waals surface area (Å²) in [6.45, 7) is 4.77. The van der Waals surface area contributed by atoms with Gasteiger partial charge in [0, 0.05) is 30.7 Å². The van der Waals surface area contributed by atoms with Crippen LogP contribution >= 0.6 is 11.3 Å². The third-order valence-corrected chi connectivity index (χ3v) is 4.30. The summed E-state index contributed by atoms with van der Waals surface area (Å²) in [5.74, 6) is 0.0784. The van der Waals surface area contributed by atoms with Crippen molar-refractivity contribution in [2.45, 2.75) is 39.2 Å². The molecule has 1 atom stereocenters. The van der Waals surface area contributed by atoms with Gasteiger partial charge in [0.05, 0.1) is 10.7 Å². The second kappa shape index (κ2) is 7.24. The van der Waals surface area contributed by atoms with Gasteiger partial charge in [0.15, 0.2) is 0 Å². The van der Waals surface area contributed by atoms with Crippen molar-refractivity contribution in [3.05, 3.63) is 40.6 Å². The second-order valence-electron chi connectivity index (χ2n) is 4.68. The lowest BCUT2D eigenvalue weighted by atomic mass is 10.2. The average molecular weight is 291 g/mol. The number of nitrogens with one attached hydrogen (secondary N) is 1. The first-order valence-electron chi connectivity index (χ1n) is 7.08. The molecular formula is C15H21N3OS. The maximum absolute atomic E-state index is 12.2. The van der Waals surface area contributed by atoms with Crippen LogP contribution in [0, 0.1) is 0 Å². The Kier molecular flexibility index (Phi) is 5.35. The van der Waals surface area contributed by atoms with Gasteiger partial charge in [-0.15, -0.1) is 11.3 Å². The standard InChI is InChI=1S/C15H21N3OS/c1-3-13(18-9-5-6-10-18)15(19)16-8-7-12-11-20-14(4-2)17-12/h5-6,9-11,13H,3-4,7-8H2,1-2H3,(H,16,19). The topological polar surface area (TPSA) is 46.9 Å². The van der Waals surface area contributed by atoms with Crippen LogP contribution in [0.4, 0.5) is 0 Å². The number of carbonyl (C=O) groups excluding carboxylic acids is 1. The Bertz CT molecular complexity index is 533. The largest absolute Gasteiger partial charge is 0.354 e. The Balaban J connectivity index is 1.82. The molecule has 0 saturated heterocycles. The second-order valence-corrected chi connectivity index (χ2v) is 5.62. The summed E-state index contributed by atoms with van der Waals surface area (Å²) < 4.78 is 1.95. The van der Waals surface area contributed by atoms with E-state index in [9.17, 15) is 4.79 Å². The molecule has 2 heterocycles. The molecule has 2 aromatic rings. The van der Waals surface area contributed by atoms with Crippen molar-refractivity contribution in [2.75, 3.05) is 6.54 Å². The van der Waals surface area contributed by atoms with E-state index >= 15 is 0 Å². The molecule has 0 fully saturated rings. The highest BCUT2D eigenvalue weighted by Crippen LogP contribution is 2.12. The molecule has 0 aliphatic heterocycles. The van der Waals surface area contributed by atoms with Crippen LogP contribution in [0.3, 0.4) is 0 Å². The molecule has 0 bridgehead atoms. The minimum atomic E-state index is -0.119. The summed E-state index contributed by atoms with van der Waals surface area (Å²) in [7, 11) is 0. The predicted octanol–water partition coefficient (Wildman–Crippen LogP) is 2.82. The van der Waals surface area contributed by atoms with Gasteiger partial charge in [0.25, 0.3) is 0 Å². The number of rotatable bonds is 7. The molecule has 4 nitrogen and oxygen atoms in total. The maximum atomic E-state index is 12.2. The third-order valence-electron chi connectivity index (χ3n) is 3.26. The van der Waals surface area contributed by atoms with E-state index in [0.29, 0.717) is 6.54 Å². The maximum Gasteiger partial charge on any atom is 0.243 e. The third kappa shape index (κ3) is 3.70. The molecule has 1 unspecified atom stereocenters. The summed E-state index contributed by atoms with van der Waals surface area (Å²) in [5.41, 5.74) is 1.07. The Morgan fingerprint density at radius 2 is 2.15 bits per heavy atom. The van der Waals surface area contributed by atoms with Crippen LogP contribution in [0.2, 0.25) is 0 Å². The van der Waals surface area contributed by atoms with Gasteiger partial charge in [0.2, 0.25) is 5.91 Å². The number of carbonyl (C=O) groups is 1. The lowest BCUT2D eigenvalue weighted by Crippen LogP contribution is -2.33. The molecule has 0 aliphatic carbocycles. The zero-order valence-electron chi connectivity index (χ0n) is 12.0. The van der Waals surface area contributed by atoms with Crippen LogP contribution in [-0.2, 0) is 17.6 Å². The highest BCUT2D eigenvalue weighted by molar-refractivity contribution is 7.09. The molecule has 0 radical (unpaired) electrons. The van der Waals surface area contributed by atoms with Crippen molar-refractivity contribution < 1.29 is 4.79 Å².